The molecule has 0 radical (unpaired) electrons. The average Bonchev–Trinajstić information content (AvgIpc) is 2.94. The van der Waals surface area contributed by atoms with Crippen LogP contribution in [0.4, 0.5) is 38.8 Å². The van der Waals surface area contributed by atoms with Crippen LogP contribution in [-0.2, 0) is 11.4 Å². The van der Waals surface area contributed by atoms with E-state index in [1.165, 1.54) is 23.4 Å². The molecule has 4 aromatic rings. The molecule has 8 nitrogen and oxygen atoms in total. The van der Waals surface area contributed by atoms with Crippen molar-refractivity contribution in [1.82, 2.24) is 9.97 Å². The maximum absolute atomic E-state index is 13.4. The molecule has 3 aromatic carbocycles. The third-order valence-corrected chi connectivity index (χ3v) is 5.43. The molecule has 3 N–H and O–H groups in total. The number of nitrogens with two attached hydrogens (primary N) is 1. The molecule has 192 valence electrons. The van der Waals surface area contributed by atoms with E-state index in [4.69, 9.17) is 10.5 Å². The van der Waals surface area contributed by atoms with Crippen molar-refractivity contribution in [2.75, 3.05) is 34.9 Å². The van der Waals surface area contributed by atoms with E-state index in [2.05, 4.69) is 15.3 Å². The number of halogens is 1. The van der Waals surface area contributed by atoms with E-state index in [1.807, 2.05) is 57.3 Å². The molecule has 0 atom stereocenters. The fraction of sp³-hybridized carbons (Fsp3) is 0.179. The van der Waals surface area contributed by atoms with Gasteiger partial charge in [0.1, 0.15) is 30.2 Å². The molecule has 0 aliphatic heterocycles. The van der Waals surface area contributed by atoms with Gasteiger partial charge in [0.05, 0.1) is 5.69 Å². The van der Waals surface area contributed by atoms with Gasteiger partial charge in [-0.15, -0.1) is 0 Å². The van der Waals surface area contributed by atoms with E-state index in [1.54, 1.807) is 36.2 Å². The lowest BCUT2D eigenvalue weighted by Gasteiger charge is -2.27. The number of anilines is 6. The number of aromatic nitrogens is 2. The lowest BCUT2D eigenvalue weighted by molar-refractivity contribution is -0.106. The van der Waals surface area contributed by atoms with Gasteiger partial charge in [0.2, 0.25) is 6.41 Å². The second kappa shape index (κ2) is 12.9. The van der Waals surface area contributed by atoms with Gasteiger partial charge in [0.25, 0.3) is 0 Å². The molecular weight excluding hydrogens is 471 g/mol. The molecule has 0 saturated carbocycles. The average molecular weight is 503 g/mol. The number of nitrogen functional groups attached to an aromatic ring is 1. The van der Waals surface area contributed by atoms with Crippen molar-refractivity contribution in [2.24, 2.45) is 0 Å². The van der Waals surface area contributed by atoms with Crippen LogP contribution in [0.5, 0.6) is 5.75 Å². The first-order chi connectivity index (χ1) is 18.0. The fourth-order valence-corrected chi connectivity index (χ4v) is 3.61. The Morgan fingerprint density at radius 2 is 1.73 bits per heavy atom. The van der Waals surface area contributed by atoms with E-state index in [9.17, 15) is 9.18 Å². The minimum atomic E-state index is -0.302. The standard InChI is InChI=1S/C26H25FN6O2.C2H6/c1-29-20-7-4-8-22(14-20)33(17-34)26-24(25(28)30-16-31-26)32(2)21-9-11-23(12-10-21)35-15-18-5-3-6-19(27)13-18;1-2/h3-14,16-17,29H,15H2,1-2H3,(H2,28,30,31);1-2H3. The van der Waals surface area contributed by atoms with Gasteiger partial charge in [-0.2, -0.15) is 0 Å². The number of nitrogens with one attached hydrogen (secondary N) is 1. The van der Waals surface area contributed by atoms with E-state index in [-0.39, 0.29) is 18.2 Å². The highest BCUT2D eigenvalue weighted by atomic mass is 19.1. The molecule has 1 amide bonds. The first-order valence-corrected chi connectivity index (χ1v) is 11.8. The van der Waals surface area contributed by atoms with Gasteiger partial charge in [-0.1, -0.05) is 32.0 Å². The van der Waals surface area contributed by atoms with Crippen molar-refractivity contribution < 1.29 is 13.9 Å². The lowest BCUT2D eigenvalue weighted by Crippen LogP contribution is -2.22. The fourth-order valence-electron chi connectivity index (χ4n) is 3.61. The number of benzene rings is 3. The first-order valence-electron chi connectivity index (χ1n) is 11.8. The molecule has 0 spiro atoms. The summed E-state index contributed by atoms with van der Waals surface area (Å²) in [7, 11) is 3.62. The number of hydrogen-bond donors (Lipinski definition) is 2. The number of rotatable bonds is 9. The largest absolute Gasteiger partial charge is 0.489 e. The molecule has 4 rings (SSSR count). The summed E-state index contributed by atoms with van der Waals surface area (Å²) in [5.74, 6) is 0.890. The van der Waals surface area contributed by atoms with Gasteiger partial charge in [-0.05, 0) is 60.2 Å². The molecular formula is C28H31FN6O2. The first kappa shape index (κ1) is 26.9. The Bertz CT molecular complexity index is 1320. The number of nitrogens with zero attached hydrogens (tertiary/aromatic N) is 4. The zero-order valence-corrected chi connectivity index (χ0v) is 21.4. The Labute approximate surface area is 216 Å². The topological polar surface area (TPSA) is 96.6 Å². The summed E-state index contributed by atoms with van der Waals surface area (Å²) >= 11 is 0. The van der Waals surface area contributed by atoms with Crippen molar-refractivity contribution in [3.05, 3.63) is 90.5 Å². The van der Waals surface area contributed by atoms with E-state index >= 15 is 0 Å². The summed E-state index contributed by atoms with van der Waals surface area (Å²) < 4.78 is 19.2. The van der Waals surface area contributed by atoms with Gasteiger partial charge < -0.3 is 20.7 Å². The Morgan fingerprint density at radius 1 is 1.00 bits per heavy atom. The van der Waals surface area contributed by atoms with E-state index in [0.717, 1.165) is 16.9 Å². The monoisotopic (exact) mass is 502 g/mol. The molecule has 37 heavy (non-hydrogen) atoms. The third-order valence-electron chi connectivity index (χ3n) is 5.43. The zero-order valence-electron chi connectivity index (χ0n) is 21.4. The summed E-state index contributed by atoms with van der Waals surface area (Å²) in [5, 5.41) is 3.06. The normalized spacial score (nSPS) is 10.1. The Hall–Kier alpha value is -4.66. The molecule has 0 aliphatic carbocycles. The van der Waals surface area contributed by atoms with Crippen molar-refractivity contribution in [2.45, 2.75) is 20.5 Å². The van der Waals surface area contributed by atoms with Crippen molar-refractivity contribution in [3.8, 4) is 5.75 Å². The molecule has 1 aromatic heterocycles. The van der Waals surface area contributed by atoms with Crippen molar-refractivity contribution >= 4 is 40.8 Å². The van der Waals surface area contributed by atoms with Crippen LogP contribution in [0, 0.1) is 5.82 Å². The Balaban J connectivity index is 0.00000186. The van der Waals surface area contributed by atoms with Crippen LogP contribution in [0.1, 0.15) is 19.4 Å². The minimum absolute atomic E-state index is 0.223. The highest BCUT2D eigenvalue weighted by molar-refractivity contribution is 5.94. The maximum atomic E-state index is 13.4. The van der Waals surface area contributed by atoms with E-state index < -0.39 is 0 Å². The van der Waals surface area contributed by atoms with Gasteiger partial charge in [0.15, 0.2) is 11.6 Å². The SMILES string of the molecule is CC.CNc1cccc(N(C=O)c2ncnc(N)c2N(C)c2ccc(OCc3cccc(F)c3)cc2)c1. The second-order valence-electron chi connectivity index (χ2n) is 7.68. The van der Waals surface area contributed by atoms with Crippen LogP contribution in [0.15, 0.2) is 79.1 Å². The van der Waals surface area contributed by atoms with Gasteiger partial charge in [-0.3, -0.25) is 9.69 Å². The Morgan fingerprint density at radius 3 is 2.41 bits per heavy atom. The van der Waals surface area contributed by atoms with Crippen molar-refractivity contribution in [1.29, 1.82) is 0 Å². The number of hydrogen-bond acceptors (Lipinski definition) is 7. The number of amides is 1. The predicted molar refractivity (Wildman–Crippen MR) is 147 cm³/mol. The minimum Gasteiger partial charge on any atom is -0.489 e. The quantitative estimate of drug-likeness (QED) is 0.275. The van der Waals surface area contributed by atoms with Crippen LogP contribution < -0.4 is 25.6 Å². The van der Waals surface area contributed by atoms with Crippen molar-refractivity contribution in [3.63, 3.8) is 0 Å². The van der Waals surface area contributed by atoms with Crippen LogP contribution in [0.2, 0.25) is 0 Å². The molecule has 0 saturated heterocycles. The summed E-state index contributed by atoms with van der Waals surface area (Å²) in [6, 6.07) is 21.0. The molecule has 1 heterocycles. The van der Waals surface area contributed by atoms with Crippen LogP contribution in [-0.4, -0.2) is 30.5 Å². The highest BCUT2D eigenvalue weighted by Crippen LogP contribution is 2.38. The van der Waals surface area contributed by atoms with Crippen LogP contribution in [0.25, 0.3) is 0 Å². The number of ether oxygens (including phenoxy) is 1. The second-order valence-corrected chi connectivity index (χ2v) is 7.68. The van der Waals surface area contributed by atoms with Crippen LogP contribution in [0.3, 0.4) is 0 Å². The molecule has 0 fully saturated rings. The van der Waals surface area contributed by atoms with Crippen LogP contribution >= 0.6 is 0 Å². The summed E-state index contributed by atoms with van der Waals surface area (Å²) in [6.45, 7) is 4.25. The Kier molecular flexibility index (Phi) is 9.37. The molecule has 0 aliphatic rings. The third kappa shape index (κ3) is 6.52. The maximum Gasteiger partial charge on any atom is 0.219 e. The summed E-state index contributed by atoms with van der Waals surface area (Å²) in [6.07, 6.45) is 2.01. The molecule has 9 heteroatoms. The summed E-state index contributed by atoms with van der Waals surface area (Å²) in [4.78, 5) is 23.8. The van der Waals surface area contributed by atoms with E-state index in [0.29, 0.717) is 29.4 Å². The summed E-state index contributed by atoms with van der Waals surface area (Å²) in [5.41, 5.74) is 9.70. The zero-order chi connectivity index (χ0) is 26.8. The number of carbonyl (C=O) groups excluding carboxylic acids is 1. The molecule has 0 bridgehead atoms. The molecule has 0 unspecified atom stereocenters. The highest BCUT2D eigenvalue weighted by Gasteiger charge is 2.22. The van der Waals surface area contributed by atoms with Gasteiger partial charge in [-0.25, -0.2) is 14.4 Å². The smallest absolute Gasteiger partial charge is 0.219 e. The number of carbonyl (C=O) groups is 1. The lowest BCUT2D eigenvalue weighted by atomic mass is 10.2. The van der Waals surface area contributed by atoms with Gasteiger partial charge in [0, 0.05) is 25.5 Å². The van der Waals surface area contributed by atoms with Gasteiger partial charge >= 0.3 is 0 Å². The predicted octanol–water partition coefficient (Wildman–Crippen LogP) is 5.91.